The van der Waals surface area contributed by atoms with Gasteiger partial charge in [-0.05, 0) is 44.0 Å². The van der Waals surface area contributed by atoms with Gasteiger partial charge < -0.3 is 4.74 Å². The maximum atomic E-state index is 13.4. The van der Waals surface area contributed by atoms with Crippen molar-refractivity contribution in [2.24, 2.45) is 0 Å². The molecular formula is C21H27N5O2S. The van der Waals surface area contributed by atoms with Crippen LogP contribution in [0.2, 0.25) is 0 Å². The van der Waals surface area contributed by atoms with Crippen molar-refractivity contribution in [3.8, 4) is 0 Å². The van der Waals surface area contributed by atoms with Crippen molar-refractivity contribution in [1.29, 1.82) is 0 Å². The van der Waals surface area contributed by atoms with E-state index in [1.54, 1.807) is 28.3 Å². The molecule has 3 heterocycles. The van der Waals surface area contributed by atoms with Gasteiger partial charge in [-0.2, -0.15) is 5.10 Å². The second kappa shape index (κ2) is 9.02. The van der Waals surface area contributed by atoms with Crippen molar-refractivity contribution in [2.75, 3.05) is 44.3 Å². The van der Waals surface area contributed by atoms with Crippen LogP contribution in [0.15, 0.2) is 30.5 Å². The first-order valence-electron chi connectivity index (χ1n) is 10.2. The zero-order chi connectivity index (χ0) is 20.2. The minimum atomic E-state index is -0.0397. The largest absolute Gasteiger partial charge is 0.379 e. The average molecular weight is 414 g/mol. The highest BCUT2D eigenvalue weighted by molar-refractivity contribution is 7.22. The van der Waals surface area contributed by atoms with Crippen molar-refractivity contribution in [3.05, 3.63) is 41.7 Å². The van der Waals surface area contributed by atoms with E-state index < -0.39 is 0 Å². The van der Waals surface area contributed by atoms with E-state index in [0.717, 1.165) is 54.6 Å². The third-order valence-electron chi connectivity index (χ3n) is 5.20. The number of benzene rings is 1. The predicted octanol–water partition coefficient (Wildman–Crippen LogP) is 3.19. The average Bonchev–Trinajstić information content (AvgIpc) is 3.37. The van der Waals surface area contributed by atoms with Crippen LogP contribution in [0.5, 0.6) is 0 Å². The lowest BCUT2D eigenvalue weighted by molar-refractivity contribution is 0.0376. The normalized spacial score (nSPS) is 15.1. The van der Waals surface area contributed by atoms with E-state index in [1.165, 1.54) is 5.56 Å². The fourth-order valence-corrected chi connectivity index (χ4v) is 4.69. The van der Waals surface area contributed by atoms with Gasteiger partial charge in [0.15, 0.2) is 5.13 Å². The first-order valence-corrected chi connectivity index (χ1v) is 11.0. The van der Waals surface area contributed by atoms with Gasteiger partial charge in [0, 0.05) is 38.9 Å². The van der Waals surface area contributed by atoms with Crippen LogP contribution in [-0.2, 0) is 11.3 Å². The van der Waals surface area contributed by atoms with Gasteiger partial charge in [-0.15, -0.1) is 0 Å². The van der Waals surface area contributed by atoms with E-state index in [-0.39, 0.29) is 5.91 Å². The number of ether oxygens (including phenoxy) is 1. The Morgan fingerprint density at radius 1 is 1.28 bits per heavy atom. The summed E-state index contributed by atoms with van der Waals surface area (Å²) in [6, 6.07) is 8.00. The van der Waals surface area contributed by atoms with E-state index in [2.05, 4.69) is 29.1 Å². The van der Waals surface area contributed by atoms with Crippen LogP contribution in [0, 0.1) is 6.92 Å². The number of morpholine rings is 1. The molecule has 8 heteroatoms. The Kier molecular flexibility index (Phi) is 6.22. The number of carbonyl (C=O) groups is 1. The number of thiazole rings is 1. The zero-order valence-electron chi connectivity index (χ0n) is 17.0. The molecule has 0 atom stereocenters. The van der Waals surface area contributed by atoms with Crippen LogP contribution in [0.1, 0.15) is 29.4 Å². The number of carbonyl (C=O) groups excluding carboxylic acids is 1. The molecule has 1 aromatic carbocycles. The lowest BCUT2D eigenvalue weighted by Gasteiger charge is -2.27. The number of anilines is 1. The van der Waals surface area contributed by atoms with Gasteiger partial charge in [-0.3, -0.25) is 19.3 Å². The summed E-state index contributed by atoms with van der Waals surface area (Å²) < 4.78 is 8.28. The third kappa shape index (κ3) is 4.49. The highest BCUT2D eigenvalue weighted by atomic mass is 32.1. The van der Waals surface area contributed by atoms with E-state index in [9.17, 15) is 4.79 Å². The van der Waals surface area contributed by atoms with Crippen molar-refractivity contribution >= 4 is 32.6 Å². The summed E-state index contributed by atoms with van der Waals surface area (Å²) in [6.07, 6.45) is 2.57. The molecule has 0 aliphatic carbocycles. The minimum absolute atomic E-state index is 0.0397. The van der Waals surface area contributed by atoms with Gasteiger partial charge in [0.1, 0.15) is 5.69 Å². The maximum Gasteiger partial charge on any atom is 0.278 e. The molecule has 29 heavy (non-hydrogen) atoms. The molecule has 3 aromatic rings. The lowest BCUT2D eigenvalue weighted by atomic mass is 10.2. The quantitative estimate of drug-likeness (QED) is 0.595. The van der Waals surface area contributed by atoms with Crippen LogP contribution in [-0.4, -0.2) is 65.0 Å². The highest BCUT2D eigenvalue weighted by Crippen LogP contribution is 2.30. The third-order valence-corrected chi connectivity index (χ3v) is 6.24. The van der Waals surface area contributed by atoms with Crippen LogP contribution >= 0.6 is 11.3 Å². The number of hydrogen-bond acceptors (Lipinski definition) is 6. The maximum absolute atomic E-state index is 13.4. The molecule has 0 saturated carbocycles. The number of aromatic nitrogens is 3. The van der Waals surface area contributed by atoms with E-state index in [4.69, 9.17) is 9.72 Å². The Labute approximate surface area is 174 Å². The first kappa shape index (κ1) is 20.0. The van der Waals surface area contributed by atoms with Crippen molar-refractivity contribution in [1.82, 2.24) is 19.7 Å². The summed E-state index contributed by atoms with van der Waals surface area (Å²) in [5, 5.41) is 5.02. The molecule has 1 fully saturated rings. The molecule has 0 bridgehead atoms. The van der Waals surface area contributed by atoms with Gasteiger partial charge in [-0.25, -0.2) is 4.98 Å². The molecule has 0 radical (unpaired) electrons. The standard InChI is InChI=1S/C21H27N5O2S/c1-3-26-18(7-8-22-26)20(27)25(10-4-9-24-11-13-28-14-12-24)21-23-17-6-5-16(2)15-19(17)29-21/h5-8,15H,3-4,9-14H2,1-2H3. The van der Waals surface area contributed by atoms with Crippen LogP contribution in [0.4, 0.5) is 5.13 Å². The number of rotatable bonds is 7. The van der Waals surface area contributed by atoms with Crippen molar-refractivity contribution in [3.63, 3.8) is 0 Å². The van der Waals surface area contributed by atoms with Crippen LogP contribution < -0.4 is 4.90 Å². The molecule has 154 valence electrons. The first-order chi connectivity index (χ1) is 14.2. The number of amides is 1. The summed E-state index contributed by atoms with van der Waals surface area (Å²) in [6.45, 7) is 9.79. The molecule has 4 rings (SSSR count). The second-order valence-corrected chi connectivity index (χ2v) is 8.27. The summed E-state index contributed by atoms with van der Waals surface area (Å²) in [7, 11) is 0. The fraction of sp³-hybridized carbons (Fsp3) is 0.476. The monoisotopic (exact) mass is 413 g/mol. The number of hydrogen-bond donors (Lipinski definition) is 0. The summed E-state index contributed by atoms with van der Waals surface area (Å²) >= 11 is 1.58. The van der Waals surface area contributed by atoms with Crippen LogP contribution in [0.25, 0.3) is 10.2 Å². The number of fused-ring (bicyclic) bond motifs is 1. The molecule has 2 aromatic heterocycles. The van der Waals surface area contributed by atoms with Gasteiger partial charge in [0.05, 0.1) is 23.4 Å². The molecule has 1 saturated heterocycles. The zero-order valence-corrected chi connectivity index (χ0v) is 17.8. The SMILES string of the molecule is CCn1nccc1C(=O)N(CCCN1CCOCC1)c1nc2ccc(C)cc2s1. The molecule has 1 aliphatic heterocycles. The van der Waals surface area contributed by atoms with Crippen molar-refractivity contribution in [2.45, 2.75) is 26.8 Å². The minimum Gasteiger partial charge on any atom is -0.379 e. The van der Waals surface area contributed by atoms with E-state index >= 15 is 0 Å². The molecule has 1 amide bonds. The molecule has 0 unspecified atom stereocenters. The molecule has 7 nitrogen and oxygen atoms in total. The molecule has 0 spiro atoms. The summed E-state index contributed by atoms with van der Waals surface area (Å²) in [5.41, 5.74) is 2.74. The van der Waals surface area contributed by atoms with Gasteiger partial charge in [-0.1, -0.05) is 17.4 Å². The second-order valence-electron chi connectivity index (χ2n) is 7.26. The van der Waals surface area contributed by atoms with E-state index in [1.807, 2.05) is 17.9 Å². The van der Waals surface area contributed by atoms with Crippen molar-refractivity contribution < 1.29 is 9.53 Å². The summed E-state index contributed by atoms with van der Waals surface area (Å²) in [4.78, 5) is 22.4. The number of nitrogens with zero attached hydrogens (tertiary/aromatic N) is 5. The Hall–Kier alpha value is -2.29. The van der Waals surface area contributed by atoms with Gasteiger partial charge >= 0.3 is 0 Å². The van der Waals surface area contributed by atoms with Gasteiger partial charge in [0.25, 0.3) is 5.91 Å². The topological polar surface area (TPSA) is 63.5 Å². The highest BCUT2D eigenvalue weighted by Gasteiger charge is 2.24. The molecule has 1 aliphatic rings. The Bertz CT molecular complexity index is 977. The van der Waals surface area contributed by atoms with Crippen LogP contribution in [0.3, 0.4) is 0 Å². The smallest absolute Gasteiger partial charge is 0.278 e. The molecular weight excluding hydrogens is 386 g/mol. The van der Waals surface area contributed by atoms with E-state index in [0.29, 0.717) is 18.8 Å². The Morgan fingerprint density at radius 3 is 2.90 bits per heavy atom. The predicted molar refractivity (Wildman–Crippen MR) is 116 cm³/mol. The Balaban J connectivity index is 1.57. The fourth-order valence-electron chi connectivity index (χ4n) is 3.60. The number of aryl methyl sites for hydroxylation is 2. The lowest BCUT2D eigenvalue weighted by Crippen LogP contribution is -2.39. The van der Waals surface area contributed by atoms with Gasteiger partial charge in [0.2, 0.25) is 0 Å². The molecule has 0 N–H and O–H groups in total. The Morgan fingerprint density at radius 2 is 2.10 bits per heavy atom. The summed E-state index contributed by atoms with van der Waals surface area (Å²) in [5.74, 6) is -0.0397.